The standard InChI is InChI=1S/C19H24O/c1-2-3-4-8-15-20-19-13-11-18(12-14-19)16-17-9-6-5-7-10-17/h5-7,9-14H,2-4,8,15-16H2,1H3. The van der Waals surface area contributed by atoms with Crippen molar-refractivity contribution < 1.29 is 4.74 Å². The van der Waals surface area contributed by atoms with Crippen LogP contribution in [-0.4, -0.2) is 6.61 Å². The molecule has 2 rings (SSSR count). The van der Waals surface area contributed by atoms with Crippen LogP contribution < -0.4 is 4.74 Å². The van der Waals surface area contributed by atoms with Crippen LogP contribution >= 0.6 is 0 Å². The van der Waals surface area contributed by atoms with Crippen LogP contribution in [0.1, 0.15) is 43.7 Å². The first-order chi connectivity index (χ1) is 9.88. The topological polar surface area (TPSA) is 9.23 Å². The first-order valence-corrected chi connectivity index (χ1v) is 7.64. The fraction of sp³-hybridized carbons (Fsp3) is 0.368. The summed E-state index contributed by atoms with van der Waals surface area (Å²) in [5.41, 5.74) is 2.68. The Hall–Kier alpha value is -1.76. The summed E-state index contributed by atoms with van der Waals surface area (Å²) in [5.74, 6) is 0.985. The van der Waals surface area contributed by atoms with Gasteiger partial charge >= 0.3 is 0 Å². The van der Waals surface area contributed by atoms with Crippen LogP contribution in [0.5, 0.6) is 5.75 Å². The highest BCUT2D eigenvalue weighted by molar-refractivity contribution is 5.31. The van der Waals surface area contributed by atoms with Crippen molar-refractivity contribution in [3.05, 3.63) is 65.7 Å². The molecule has 0 aliphatic heterocycles. The van der Waals surface area contributed by atoms with Crippen LogP contribution in [-0.2, 0) is 6.42 Å². The highest BCUT2D eigenvalue weighted by atomic mass is 16.5. The highest BCUT2D eigenvalue weighted by Gasteiger charge is 1.98. The van der Waals surface area contributed by atoms with Crippen molar-refractivity contribution in [1.82, 2.24) is 0 Å². The molecule has 0 spiro atoms. The van der Waals surface area contributed by atoms with Crippen LogP contribution in [0.3, 0.4) is 0 Å². The Bertz CT molecular complexity index is 473. The van der Waals surface area contributed by atoms with Crippen molar-refractivity contribution in [2.75, 3.05) is 6.61 Å². The van der Waals surface area contributed by atoms with Gasteiger partial charge in [0.15, 0.2) is 0 Å². The molecule has 0 bridgehead atoms. The molecule has 0 amide bonds. The molecule has 0 N–H and O–H groups in total. The molecular weight excluding hydrogens is 244 g/mol. The lowest BCUT2D eigenvalue weighted by Crippen LogP contribution is -1.97. The molecule has 0 aromatic heterocycles. The van der Waals surface area contributed by atoms with Crippen LogP contribution in [0.25, 0.3) is 0 Å². The summed E-state index contributed by atoms with van der Waals surface area (Å²) in [6, 6.07) is 19.0. The lowest BCUT2D eigenvalue weighted by molar-refractivity contribution is 0.305. The molecule has 2 aromatic carbocycles. The number of hydrogen-bond donors (Lipinski definition) is 0. The minimum Gasteiger partial charge on any atom is -0.494 e. The van der Waals surface area contributed by atoms with Crippen molar-refractivity contribution in [2.45, 2.75) is 39.0 Å². The van der Waals surface area contributed by atoms with E-state index in [1.165, 1.54) is 30.4 Å². The number of benzene rings is 2. The van der Waals surface area contributed by atoms with Gasteiger partial charge in [0.05, 0.1) is 6.61 Å². The van der Waals surface area contributed by atoms with E-state index in [4.69, 9.17) is 4.74 Å². The normalized spacial score (nSPS) is 10.4. The van der Waals surface area contributed by atoms with E-state index in [0.717, 1.165) is 25.2 Å². The van der Waals surface area contributed by atoms with Crippen LogP contribution in [0.15, 0.2) is 54.6 Å². The molecule has 0 fully saturated rings. The molecule has 1 nitrogen and oxygen atoms in total. The SMILES string of the molecule is CCCCCCOc1ccc(Cc2ccccc2)cc1. The fourth-order valence-electron chi connectivity index (χ4n) is 2.25. The van der Waals surface area contributed by atoms with Crippen LogP contribution in [0.2, 0.25) is 0 Å². The quantitative estimate of drug-likeness (QED) is 0.595. The van der Waals surface area contributed by atoms with E-state index in [2.05, 4.69) is 61.5 Å². The summed E-state index contributed by atoms with van der Waals surface area (Å²) >= 11 is 0. The summed E-state index contributed by atoms with van der Waals surface area (Å²) in [6.07, 6.45) is 5.98. The van der Waals surface area contributed by atoms with E-state index in [-0.39, 0.29) is 0 Å². The summed E-state index contributed by atoms with van der Waals surface area (Å²) < 4.78 is 5.76. The van der Waals surface area contributed by atoms with Gasteiger partial charge in [-0.1, -0.05) is 68.7 Å². The monoisotopic (exact) mass is 268 g/mol. The molecule has 20 heavy (non-hydrogen) atoms. The average Bonchev–Trinajstić information content (AvgIpc) is 2.50. The number of hydrogen-bond acceptors (Lipinski definition) is 1. The van der Waals surface area contributed by atoms with Gasteiger partial charge in [0, 0.05) is 0 Å². The predicted octanol–water partition coefficient (Wildman–Crippen LogP) is 5.24. The van der Waals surface area contributed by atoms with E-state index >= 15 is 0 Å². The zero-order valence-corrected chi connectivity index (χ0v) is 12.3. The molecule has 0 aliphatic rings. The van der Waals surface area contributed by atoms with E-state index < -0.39 is 0 Å². The van der Waals surface area contributed by atoms with Crippen molar-refractivity contribution in [1.29, 1.82) is 0 Å². The Morgan fingerprint density at radius 3 is 2.15 bits per heavy atom. The zero-order valence-electron chi connectivity index (χ0n) is 12.3. The smallest absolute Gasteiger partial charge is 0.119 e. The zero-order chi connectivity index (χ0) is 14.0. The molecule has 0 radical (unpaired) electrons. The minimum atomic E-state index is 0.831. The van der Waals surface area contributed by atoms with Crippen molar-refractivity contribution in [3.63, 3.8) is 0 Å². The highest BCUT2D eigenvalue weighted by Crippen LogP contribution is 2.15. The number of ether oxygens (including phenoxy) is 1. The van der Waals surface area contributed by atoms with Gasteiger partial charge in [-0.2, -0.15) is 0 Å². The fourth-order valence-corrected chi connectivity index (χ4v) is 2.25. The molecule has 0 unspecified atom stereocenters. The van der Waals surface area contributed by atoms with Gasteiger partial charge < -0.3 is 4.74 Å². The Morgan fingerprint density at radius 2 is 1.45 bits per heavy atom. The molecule has 106 valence electrons. The van der Waals surface area contributed by atoms with E-state index in [1.54, 1.807) is 0 Å². The molecule has 0 aliphatic carbocycles. The van der Waals surface area contributed by atoms with E-state index in [1.807, 2.05) is 0 Å². The largest absolute Gasteiger partial charge is 0.494 e. The summed E-state index contributed by atoms with van der Waals surface area (Å²) in [7, 11) is 0. The second kappa shape index (κ2) is 8.42. The summed E-state index contributed by atoms with van der Waals surface area (Å²) in [4.78, 5) is 0. The molecule has 0 saturated carbocycles. The van der Waals surface area contributed by atoms with Crippen molar-refractivity contribution in [3.8, 4) is 5.75 Å². The molecule has 1 heteroatoms. The third-order valence-electron chi connectivity index (χ3n) is 3.44. The molecule has 2 aromatic rings. The lowest BCUT2D eigenvalue weighted by atomic mass is 10.1. The Labute approximate surface area is 122 Å². The molecule has 0 saturated heterocycles. The minimum absolute atomic E-state index is 0.831. The third kappa shape index (κ3) is 5.08. The van der Waals surface area contributed by atoms with Gasteiger partial charge in [-0.15, -0.1) is 0 Å². The van der Waals surface area contributed by atoms with Crippen LogP contribution in [0, 0.1) is 0 Å². The number of unbranched alkanes of at least 4 members (excludes halogenated alkanes) is 3. The maximum Gasteiger partial charge on any atom is 0.119 e. The predicted molar refractivity (Wildman–Crippen MR) is 85.3 cm³/mol. The third-order valence-corrected chi connectivity index (χ3v) is 3.44. The maximum atomic E-state index is 5.76. The summed E-state index contributed by atoms with van der Waals surface area (Å²) in [6.45, 7) is 3.06. The Morgan fingerprint density at radius 1 is 0.750 bits per heavy atom. The van der Waals surface area contributed by atoms with E-state index in [0.29, 0.717) is 0 Å². The van der Waals surface area contributed by atoms with Crippen molar-refractivity contribution in [2.24, 2.45) is 0 Å². The molecule has 0 atom stereocenters. The van der Waals surface area contributed by atoms with Gasteiger partial charge in [0.1, 0.15) is 5.75 Å². The van der Waals surface area contributed by atoms with Crippen molar-refractivity contribution >= 4 is 0 Å². The average molecular weight is 268 g/mol. The van der Waals surface area contributed by atoms with Gasteiger partial charge in [0.25, 0.3) is 0 Å². The molecular formula is C19H24O. The second-order valence-electron chi connectivity index (χ2n) is 5.22. The Kier molecular flexibility index (Phi) is 6.16. The maximum absolute atomic E-state index is 5.76. The van der Waals surface area contributed by atoms with Crippen LogP contribution in [0.4, 0.5) is 0 Å². The number of rotatable bonds is 8. The first kappa shape index (κ1) is 14.6. The van der Waals surface area contributed by atoms with E-state index in [9.17, 15) is 0 Å². The second-order valence-corrected chi connectivity index (χ2v) is 5.22. The molecule has 0 heterocycles. The van der Waals surface area contributed by atoms with Gasteiger partial charge in [-0.05, 0) is 36.1 Å². The Balaban J connectivity index is 1.78. The van der Waals surface area contributed by atoms with Gasteiger partial charge in [-0.25, -0.2) is 0 Å². The first-order valence-electron chi connectivity index (χ1n) is 7.64. The summed E-state index contributed by atoms with van der Waals surface area (Å²) in [5, 5.41) is 0. The van der Waals surface area contributed by atoms with Gasteiger partial charge in [-0.3, -0.25) is 0 Å². The van der Waals surface area contributed by atoms with Gasteiger partial charge in [0.2, 0.25) is 0 Å². The lowest BCUT2D eigenvalue weighted by Gasteiger charge is -2.07.